The van der Waals surface area contributed by atoms with Gasteiger partial charge in [0.1, 0.15) is 0 Å². The van der Waals surface area contributed by atoms with E-state index in [2.05, 4.69) is 50.6 Å². The minimum atomic E-state index is 0.720. The van der Waals surface area contributed by atoms with Crippen molar-refractivity contribution in [3.05, 3.63) is 57.3 Å². The van der Waals surface area contributed by atoms with Gasteiger partial charge in [0, 0.05) is 10.2 Å². The molecule has 0 saturated heterocycles. The van der Waals surface area contributed by atoms with Crippen molar-refractivity contribution in [1.29, 1.82) is 0 Å². The molecule has 0 atom stereocenters. The van der Waals surface area contributed by atoms with Gasteiger partial charge in [-0.2, -0.15) is 0 Å². The van der Waals surface area contributed by atoms with Crippen molar-refractivity contribution in [2.24, 2.45) is 0 Å². The van der Waals surface area contributed by atoms with Crippen molar-refractivity contribution in [1.82, 2.24) is 9.55 Å². The predicted octanol–water partition coefficient (Wildman–Crippen LogP) is 4.76. The maximum atomic E-state index is 5.43. The van der Waals surface area contributed by atoms with Gasteiger partial charge < -0.3 is 4.98 Å². The van der Waals surface area contributed by atoms with Crippen LogP contribution in [0.25, 0.3) is 16.7 Å². The van der Waals surface area contributed by atoms with Crippen molar-refractivity contribution in [2.75, 3.05) is 0 Å². The Bertz CT molecular complexity index is 786. The smallest absolute Gasteiger partial charge is 0.182 e. The van der Waals surface area contributed by atoms with Gasteiger partial charge in [-0.15, -0.1) is 0 Å². The molecule has 4 heteroatoms. The first-order chi connectivity index (χ1) is 8.66. The second-order valence-corrected chi connectivity index (χ2v) is 5.52. The molecular formula is C14H11BrN2S. The Hall–Kier alpha value is -1.39. The summed E-state index contributed by atoms with van der Waals surface area (Å²) in [5.74, 6) is 0. The lowest BCUT2D eigenvalue weighted by Crippen LogP contribution is -1.95. The van der Waals surface area contributed by atoms with E-state index in [4.69, 9.17) is 12.2 Å². The molecule has 1 heterocycles. The number of nitrogens with one attached hydrogen (secondary N) is 1. The van der Waals surface area contributed by atoms with Gasteiger partial charge in [0.15, 0.2) is 4.77 Å². The van der Waals surface area contributed by atoms with Gasteiger partial charge in [-0.3, -0.25) is 4.57 Å². The molecule has 1 N–H and O–H groups in total. The van der Waals surface area contributed by atoms with E-state index in [0.29, 0.717) is 0 Å². The first kappa shape index (κ1) is 11.7. The van der Waals surface area contributed by atoms with E-state index in [9.17, 15) is 0 Å². The van der Waals surface area contributed by atoms with Crippen LogP contribution >= 0.6 is 28.1 Å². The summed E-state index contributed by atoms with van der Waals surface area (Å²) < 4.78 is 3.84. The third-order valence-electron chi connectivity index (χ3n) is 2.97. The van der Waals surface area contributed by atoms with Gasteiger partial charge in [0.25, 0.3) is 0 Å². The van der Waals surface area contributed by atoms with Crippen LogP contribution in [0.3, 0.4) is 0 Å². The molecule has 1 aromatic heterocycles. The van der Waals surface area contributed by atoms with Crippen molar-refractivity contribution in [3.63, 3.8) is 0 Å². The average Bonchev–Trinajstić information content (AvgIpc) is 2.67. The van der Waals surface area contributed by atoms with Crippen LogP contribution in [0.5, 0.6) is 0 Å². The Labute approximate surface area is 118 Å². The number of aromatic nitrogens is 2. The molecule has 0 saturated carbocycles. The van der Waals surface area contributed by atoms with E-state index in [1.807, 2.05) is 24.3 Å². The van der Waals surface area contributed by atoms with Gasteiger partial charge in [-0.05, 0) is 49.0 Å². The fourth-order valence-corrected chi connectivity index (χ4v) is 2.88. The van der Waals surface area contributed by atoms with E-state index in [1.165, 1.54) is 5.56 Å². The third-order valence-corrected chi connectivity index (χ3v) is 3.75. The van der Waals surface area contributed by atoms with Crippen LogP contribution in [-0.2, 0) is 0 Å². The first-order valence-corrected chi connectivity index (χ1v) is 6.83. The van der Waals surface area contributed by atoms with Crippen LogP contribution in [0.4, 0.5) is 0 Å². The third kappa shape index (κ3) is 1.82. The monoisotopic (exact) mass is 318 g/mol. The Morgan fingerprint density at radius 1 is 1.17 bits per heavy atom. The Kier molecular flexibility index (Phi) is 2.84. The van der Waals surface area contributed by atoms with Crippen molar-refractivity contribution < 1.29 is 0 Å². The van der Waals surface area contributed by atoms with Crippen molar-refractivity contribution >= 4 is 39.2 Å². The van der Waals surface area contributed by atoms with E-state index in [-0.39, 0.29) is 0 Å². The quantitative estimate of drug-likeness (QED) is 0.641. The number of nitrogens with zero attached hydrogens (tertiary/aromatic N) is 1. The standard InChI is InChI=1S/C14H11BrN2S/c1-9-4-2-7-12-13(9)17(14(18)16-12)11-6-3-5-10(15)8-11/h2-8H,1H3,(H,16,18). The molecule has 2 nitrogen and oxygen atoms in total. The van der Waals surface area contributed by atoms with E-state index < -0.39 is 0 Å². The van der Waals surface area contributed by atoms with Crippen molar-refractivity contribution in [3.8, 4) is 5.69 Å². The fraction of sp³-hybridized carbons (Fsp3) is 0.0714. The molecular weight excluding hydrogens is 308 g/mol. The number of hydrogen-bond acceptors (Lipinski definition) is 1. The minimum absolute atomic E-state index is 0.720. The number of imidazole rings is 1. The second kappa shape index (κ2) is 4.37. The molecule has 2 aromatic carbocycles. The predicted molar refractivity (Wildman–Crippen MR) is 80.9 cm³/mol. The Morgan fingerprint density at radius 2 is 1.94 bits per heavy atom. The van der Waals surface area contributed by atoms with Crippen LogP contribution in [-0.4, -0.2) is 9.55 Å². The first-order valence-electron chi connectivity index (χ1n) is 5.63. The summed E-state index contributed by atoms with van der Waals surface area (Å²) in [4.78, 5) is 3.25. The molecule has 0 bridgehead atoms. The summed E-state index contributed by atoms with van der Waals surface area (Å²) in [6.45, 7) is 2.10. The highest BCUT2D eigenvalue weighted by Crippen LogP contribution is 2.24. The number of aromatic amines is 1. The number of rotatable bonds is 1. The van der Waals surface area contributed by atoms with E-state index in [0.717, 1.165) is 26.0 Å². The van der Waals surface area contributed by atoms with Gasteiger partial charge >= 0.3 is 0 Å². The van der Waals surface area contributed by atoms with Crippen LogP contribution in [0, 0.1) is 11.7 Å². The number of aryl methyl sites for hydroxylation is 1. The largest absolute Gasteiger partial charge is 0.330 e. The summed E-state index contributed by atoms with van der Waals surface area (Å²) in [7, 11) is 0. The molecule has 0 spiro atoms. The van der Waals surface area contributed by atoms with Gasteiger partial charge in [0.2, 0.25) is 0 Å². The molecule has 0 radical (unpaired) electrons. The summed E-state index contributed by atoms with van der Waals surface area (Å²) >= 11 is 8.93. The summed E-state index contributed by atoms with van der Waals surface area (Å²) in [5, 5.41) is 0. The highest BCUT2D eigenvalue weighted by Gasteiger charge is 2.08. The number of halogens is 1. The van der Waals surface area contributed by atoms with Gasteiger partial charge in [-0.25, -0.2) is 0 Å². The van der Waals surface area contributed by atoms with Gasteiger partial charge in [0.05, 0.1) is 11.0 Å². The topological polar surface area (TPSA) is 20.7 Å². The number of fused-ring (bicyclic) bond motifs is 1. The highest BCUT2D eigenvalue weighted by atomic mass is 79.9. The SMILES string of the molecule is Cc1cccc2[nH]c(=S)n(-c3cccc(Br)c3)c12. The number of H-pyrrole nitrogens is 1. The normalized spacial score (nSPS) is 11.0. The Balaban J connectivity index is 2.42. The van der Waals surface area contributed by atoms with Crippen LogP contribution in [0.1, 0.15) is 5.56 Å². The van der Waals surface area contributed by atoms with E-state index >= 15 is 0 Å². The zero-order valence-electron chi connectivity index (χ0n) is 9.77. The fourth-order valence-electron chi connectivity index (χ4n) is 2.19. The number of hydrogen-bond donors (Lipinski definition) is 1. The average molecular weight is 319 g/mol. The molecule has 0 aliphatic carbocycles. The molecule has 0 unspecified atom stereocenters. The summed E-state index contributed by atoms with van der Waals surface area (Å²) in [5.41, 5.74) is 4.48. The number of para-hydroxylation sites is 1. The molecule has 0 aliphatic heterocycles. The lowest BCUT2D eigenvalue weighted by molar-refractivity contribution is 1.06. The zero-order chi connectivity index (χ0) is 12.7. The summed E-state index contributed by atoms with van der Waals surface area (Å²) in [6, 6.07) is 14.3. The maximum Gasteiger partial charge on any atom is 0.182 e. The van der Waals surface area contributed by atoms with Crippen LogP contribution in [0.2, 0.25) is 0 Å². The van der Waals surface area contributed by atoms with E-state index in [1.54, 1.807) is 0 Å². The lowest BCUT2D eigenvalue weighted by atomic mass is 10.2. The maximum absolute atomic E-state index is 5.43. The molecule has 3 aromatic rings. The molecule has 90 valence electrons. The molecule has 18 heavy (non-hydrogen) atoms. The van der Waals surface area contributed by atoms with Crippen LogP contribution < -0.4 is 0 Å². The summed E-state index contributed by atoms with van der Waals surface area (Å²) in [6.07, 6.45) is 0. The Morgan fingerprint density at radius 3 is 2.72 bits per heavy atom. The molecule has 0 fully saturated rings. The minimum Gasteiger partial charge on any atom is -0.330 e. The van der Waals surface area contributed by atoms with Gasteiger partial charge in [-0.1, -0.05) is 34.1 Å². The lowest BCUT2D eigenvalue weighted by Gasteiger charge is -2.06. The molecule has 3 rings (SSSR count). The molecule has 0 amide bonds. The highest BCUT2D eigenvalue weighted by molar-refractivity contribution is 9.10. The number of benzene rings is 2. The second-order valence-electron chi connectivity index (χ2n) is 4.22. The van der Waals surface area contributed by atoms with Crippen LogP contribution in [0.15, 0.2) is 46.9 Å². The zero-order valence-corrected chi connectivity index (χ0v) is 12.2. The molecule has 0 aliphatic rings. The van der Waals surface area contributed by atoms with Crippen molar-refractivity contribution in [2.45, 2.75) is 6.92 Å².